The first-order chi connectivity index (χ1) is 10.1. The van der Waals surface area contributed by atoms with Crippen LogP contribution >= 0.6 is 11.3 Å². The zero-order valence-electron chi connectivity index (χ0n) is 12.7. The Morgan fingerprint density at radius 2 is 2.29 bits per heavy atom. The van der Waals surface area contributed by atoms with Gasteiger partial charge >= 0.3 is 5.97 Å². The van der Waals surface area contributed by atoms with Gasteiger partial charge in [0.05, 0.1) is 12.9 Å². The van der Waals surface area contributed by atoms with Crippen LogP contribution < -0.4 is 0 Å². The van der Waals surface area contributed by atoms with Gasteiger partial charge in [-0.05, 0) is 6.42 Å². The minimum Gasteiger partial charge on any atom is -0.461 e. The summed E-state index contributed by atoms with van der Waals surface area (Å²) in [6.07, 6.45) is 3.39. The van der Waals surface area contributed by atoms with Crippen molar-refractivity contribution in [1.82, 2.24) is 9.88 Å². The number of esters is 1. The molecule has 0 unspecified atom stereocenters. The van der Waals surface area contributed by atoms with Gasteiger partial charge in [0.1, 0.15) is 12.8 Å². The molecule has 1 heterocycles. The van der Waals surface area contributed by atoms with E-state index in [-0.39, 0.29) is 5.71 Å². The highest BCUT2D eigenvalue weighted by Gasteiger charge is 2.20. The number of oxime groups is 1. The van der Waals surface area contributed by atoms with Gasteiger partial charge in [0.25, 0.3) is 0 Å². The number of rotatable bonds is 8. The predicted molar refractivity (Wildman–Crippen MR) is 83.4 cm³/mol. The maximum absolute atomic E-state index is 12.0. The van der Waals surface area contributed by atoms with Gasteiger partial charge in [0.2, 0.25) is 10.8 Å². The molecule has 0 aliphatic rings. The van der Waals surface area contributed by atoms with Crippen LogP contribution in [-0.4, -0.2) is 55.7 Å². The fourth-order valence-corrected chi connectivity index (χ4v) is 1.90. The van der Waals surface area contributed by atoms with E-state index >= 15 is 0 Å². The van der Waals surface area contributed by atoms with Gasteiger partial charge in [-0.15, -0.1) is 11.3 Å². The molecule has 0 amide bonds. The molecule has 0 aliphatic carbocycles. The van der Waals surface area contributed by atoms with Crippen LogP contribution in [-0.2, 0) is 14.4 Å². The van der Waals surface area contributed by atoms with Gasteiger partial charge in [0, 0.05) is 19.5 Å². The van der Waals surface area contributed by atoms with Crippen LogP contribution in [0.3, 0.4) is 0 Å². The Balaban J connectivity index is 2.82. The van der Waals surface area contributed by atoms with Crippen molar-refractivity contribution in [2.75, 3.05) is 27.8 Å². The molecule has 0 fully saturated rings. The molecule has 0 bridgehead atoms. The van der Waals surface area contributed by atoms with Crippen LogP contribution in [0.15, 0.2) is 15.5 Å². The van der Waals surface area contributed by atoms with E-state index in [9.17, 15) is 4.79 Å². The Bertz CT molecular complexity index is 511. The van der Waals surface area contributed by atoms with Gasteiger partial charge in [0.15, 0.2) is 0 Å². The van der Waals surface area contributed by atoms with Crippen LogP contribution in [0.4, 0.5) is 5.13 Å². The number of carbonyl (C=O) groups excluding carboxylic acids is 1. The molecule has 0 radical (unpaired) electrons. The number of nitrogens with zero attached hydrogens (tertiary/aromatic N) is 4. The van der Waals surface area contributed by atoms with Crippen LogP contribution in [0.25, 0.3) is 0 Å². The monoisotopic (exact) mass is 312 g/mol. The lowest BCUT2D eigenvalue weighted by atomic mass is 10.3. The predicted octanol–water partition coefficient (Wildman–Crippen LogP) is 2.06. The van der Waals surface area contributed by atoms with Gasteiger partial charge < -0.3 is 14.5 Å². The average molecular weight is 312 g/mol. The Morgan fingerprint density at radius 1 is 1.52 bits per heavy atom. The van der Waals surface area contributed by atoms with Crippen molar-refractivity contribution < 1.29 is 14.4 Å². The number of aliphatic imine (C=N–C) groups is 1. The summed E-state index contributed by atoms with van der Waals surface area (Å²) in [5, 5.41) is 5.93. The first kappa shape index (κ1) is 17.1. The van der Waals surface area contributed by atoms with Gasteiger partial charge in [-0.3, -0.25) is 0 Å². The summed E-state index contributed by atoms with van der Waals surface area (Å²) in [6.45, 7) is 2.38. The first-order valence-corrected chi connectivity index (χ1v) is 7.41. The van der Waals surface area contributed by atoms with Crippen molar-refractivity contribution in [3.8, 4) is 0 Å². The van der Waals surface area contributed by atoms with E-state index in [0.29, 0.717) is 17.4 Å². The third-order valence-electron chi connectivity index (χ3n) is 2.24. The van der Waals surface area contributed by atoms with E-state index in [1.54, 1.807) is 16.6 Å². The van der Waals surface area contributed by atoms with Crippen molar-refractivity contribution in [1.29, 1.82) is 0 Å². The van der Waals surface area contributed by atoms with Gasteiger partial charge in [-0.2, -0.15) is 0 Å². The quantitative estimate of drug-likeness (QED) is 0.241. The number of hydrogen-bond donors (Lipinski definition) is 0. The van der Waals surface area contributed by atoms with Crippen molar-refractivity contribution in [3.63, 3.8) is 0 Å². The standard InChI is InChI=1S/C13H20N4O3S/c1-5-6-7-20-12(18)11(16-19-4)10-8-21-13(15-10)14-9-17(2)3/h8-9H,5-7H2,1-4H3/b14-9?,16-11-. The van der Waals surface area contributed by atoms with Crippen LogP contribution in [0.2, 0.25) is 0 Å². The van der Waals surface area contributed by atoms with Crippen LogP contribution in [0.5, 0.6) is 0 Å². The van der Waals surface area contributed by atoms with Crippen molar-refractivity contribution in [2.45, 2.75) is 19.8 Å². The molecule has 0 saturated carbocycles. The van der Waals surface area contributed by atoms with Crippen molar-refractivity contribution in [3.05, 3.63) is 11.1 Å². The maximum atomic E-state index is 12.0. The number of hydrogen-bond acceptors (Lipinski definition) is 7. The fraction of sp³-hybridized carbons (Fsp3) is 0.538. The number of thiazole rings is 1. The summed E-state index contributed by atoms with van der Waals surface area (Å²) in [5.41, 5.74) is 0.449. The Kier molecular flexibility index (Phi) is 7.38. The summed E-state index contributed by atoms with van der Waals surface area (Å²) in [7, 11) is 5.10. The van der Waals surface area contributed by atoms with Crippen LogP contribution in [0, 0.1) is 0 Å². The molecule has 7 nitrogen and oxygen atoms in total. The highest BCUT2D eigenvalue weighted by Crippen LogP contribution is 2.19. The second-order valence-electron chi connectivity index (χ2n) is 4.34. The lowest BCUT2D eigenvalue weighted by Gasteiger charge is -2.04. The first-order valence-electron chi connectivity index (χ1n) is 6.53. The number of aromatic nitrogens is 1. The second-order valence-corrected chi connectivity index (χ2v) is 5.17. The van der Waals surface area contributed by atoms with E-state index in [1.165, 1.54) is 18.4 Å². The third kappa shape index (κ3) is 5.90. The molecule has 1 rings (SSSR count). The third-order valence-corrected chi connectivity index (χ3v) is 2.99. The summed E-state index contributed by atoms with van der Waals surface area (Å²) >= 11 is 1.31. The van der Waals surface area contributed by atoms with Crippen molar-refractivity contribution in [2.24, 2.45) is 10.1 Å². The Labute approximate surface area is 128 Å². The highest BCUT2D eigenvalue weighted by atomic mass is 32.1. The number of ether oxygens (including phenoxy) is 1. The zero-order chi connectivity index (χ0) is 15.7. The molecule has 116 valence electrons. The van der Waals surface area contributed by atoms with Gasteiger partial charge in [-0.1, -0.05) is 18.5 Å². The summed E-state index contributed by atoms with van der Waals surface area (Å²) in [5.74, 6) is -0.543. The van der Waals surface area contributed by atoms with Crippen LogP contribution in [0.1, 0.15) is 25.5 Å². The number of carbonyl (C=O) groups is 1. The molecular weight excluding hydrogens is 292 g/mol. The molecule has 21 heavy (non-hydrogen) atoms. The average Bonchev–Trinajstić information content (AvgIpc) is 2.91. The Hall–Kier alpha value is -1.96. The highest BCUT2D eigenvalue weighted by molar-refractivity contribution is 7.13. The molecule has 1 aromatic heterocycles. The molecule has 1 aromatic rings. The lowest BCUT2D eigenvalue weighted by molar-refractivity contribution is -0.135. The van der Waals surface area contributed by atoms with Gasteiger partial charge in [-0.25, -0.2) is 14.8 Å². The molecule has 0 atom stereocenters. The minimum atomic E-state index is -0.543. The summed E-state index contributed by atoms with van der Waals surface area (Å²) in [6, 6.07) is 0. The maximum Gasteiger partial charge on any atom is 0.362 e. The van der Waals surface area contributed by atoms with E-state index in [4.69, 9.17) is 9.57 Å². The summed E-state index contributed by atoms with van der Waals surface area (Å²) < 4.78 is 5.13. The molecule has 0 aromatic carbocycles. The SMILES string of the molecule is CCCCOC(=O)/C(=N\OC)c1csc(N=CN(C)C)n1. The summed E-state index contributed by atoms with van der Waals surface area (Å²) in [4.78, 5) is 26.9. The minimum absolute atomic E-state index is 0.0520. The normalized spacial score (nSPS) is 11.7. The molecule has 0 spiro atoms. The van der Waals surface area contributed by atoms with E-state index in [2.05, 4.69) is 15.1 Å². The number of unbranched alkanes of at least 4 members (excludes halogenated alkanes) is 1. The van der Waals surface area contributed by atoms with Crippen molar-refractivity contribution >= 4 is 34.5 Å². The second kappa shape index (κ2) is 9.06. The lowest BCUT2D eigenvalue weighted by Crippen LogP contribution is -2.20. The topological polar surface area (TPSA) is 76.4 Å². The molecule has 0 N–H and O–H groups in total. The molecule has 8 heteroatoms. The fourth-order valence-electron chi connectivity index (χ4n) is 1.25. The molecule has 0 saturated heterocycles. The smallest absolute Gasteiger partial charge is 0.362 e. The molecule has 0 aliphatic heterocycles. The Morgan fingerprint density at radius 3 is 2.90 bits per heavy atom. The van der Waals surface area contributed by atoms with E-state index < -0.39 is 5.97 Å². The molecular formula is C13H20N4O3S. The van der Waals surface area contributed by atoms with E-state index in [0.717, 1.165) is 12.8 Å². The van der Waals surface area contributed by atoms with E-state index in [1.807, 2.05) is 21.0 Å². The zero-order valence-corrected chi connectivity index (χ0v) is 13.5. The largest absolute Gasteiger partial charge is 0.461 e.